The molecule has 3 aromatic carbocycles. The van der Waals surface area contributed by atoms with E-state index < -0.39 is 0 Å². The van der Waals surface area contributed by atoms with Crippen LogP contribution in [0, 0.1) is 0 Å². The summed E-state index contributed by atoms with van der Waals surface area (Å²) in [5.41, 5.74) is 6.31. The summed E-state index contributed by atoms with van der Waals surface area (Å²) in [4.78, 5) is 0. The van der Waals surface area contributed by atoms with Crippen molar-refractivity contribution < 1.29 is 4.74 Å². The Morgan fingerprint density at radius 2 is 0.900 bits per heavy atom. The quantitative estimate of drug-likeness (QED) is 0.677. The number of nitrogens with two attached hydrogens (primary N) is 1. The van der Waals surface area contributed by atoms with Crippen molar-refractivity contribution in [2.45, 2.75) is 0 Å². The van der Waals surface area contributed by atoms with Crippen LogP contribution in [-0.4, -0.2) is 0 Å². The van der Waals surface area contributed by atoms with E-state index in [1.54, 1.807) is 0 Å². The maximum atomic E-state index is 5.58. The Morgan fingerprint density at radius 3 is 1.40 bits per heavy atom. The molecule has 2 N–H and O–H groups in total. The Kier molecular flexibility index (Phi) is 5.23. The molecule has 0 spiro atoms. The van der Waals surface area contributed by atoms with Crippen LogP contribution < -0.4 is 10.5 Å². The molecule has 0 amide bonds. The van der Waals surface area contributed by atoms with Gasteiger partial charge in [-0.25, -0.2) is 0 Å². The molecule has 0 radical (unpaired) electrons. The van der Waals surface area contributed by atoms with Crippen LogP contribution in [0.3, 0.4) is 0 Å². The first-order chi connectivity index (χ1) is 9.84. The third-order valence-corrected chi connectivity index (χ3v) is 2.53. The standard InChI is InChI=1S/C12H11NO.C6H6/c13-10-6-8-12(9-7-10)14-11-4-2-1-3-5-11;1-2-4-6-5-3-1/h1-9H,13H2;1-6H. The fourth-order valence-electron chi connectivity index (χ4n) is 1.55. The van der Waals surface area contributed by atoms with E-state index in [1.807, 2.05) is 91.0 Å². The van der Waals surface area contributed by atoms with Gasteiger partial charge in [0.15, 0.2) is 0 Å². The Hall–Kier alpha value is -2.74. The van der Waals surface area contributed by atoms with E-state index in [2.05, 4.69) is 0 Å². The maximum Gasteiger partial charge on any atom is 0.127 e. The smallest absolute Gasteiger partial charge is 0.127 e. The number of hydrogen-bond acceptors (Lipinski definition) is 2. The van der Waals surface area contributed by atoms with Gasteiger partial charge < -0.3 is 10.5 Å². The SMILES string of the molecule is Nc1ccc(Oc2ccccc2)cc1.c1ccccc1. The van der Waals surface area contributed by atoms with Crippen LogP contribution in [0.5, 0.6) is 11.5 Å². The summed E-state index contributed by atoms with van der Waals surface area (Å²) in [5, 5.41) is 0. The molecule has 0 bridgehead atoms. The second-order valence-corrected chi connectivity index (χ2v) is 4.14. The van der Waals surface area contributed by atoms with Gasteiger partial charge in [-0.1, -0.05) is 54.6 Å². The van der Waals surface area contributed by atoms with Crippen molar-refractivity contribution in [2.24, 2.45) is 0 Å². The summed E-state index contributed by atoms with van der Waals surface area (Å²) in [6, 6.07) is 29.0. The van der Waals surface area contributed by atoms with E-state index >= 15 is 0 Å². The van der Waals surface area contributed by atoms with Gasteiger partial charge in [0, 0.05) is 5.69 Å². The van der Waals surface area contributed by atoms with Crippen LogP contribution in [0.2, 0.25) is 0 Å². The second-order valence-electron chi connectivity index (χ2n) is 4.14. The summed E-state index contributed by atoms with van der Waals surface area (Å²) < 4.78 is 5.58. The van der Waals surface area contributed by atoms with E-state index in [0.29, 0.717) is 0 Å². The minimum absolute atomic E-state index is 0.741. The molecule has 2 heteroatoms. The van der Waals surface area contributed by atoms with Crippen LogP contribution in [0.15, 0.2) is 91.0 Å². The molecule has 0 fully saturated rings. The topological polar surface area (TPSA) is 35.2 Å². The van der Waals surface area contributed by atoms with Gasteiger partial charge in [0.05, 0.1) is 0 Å². The van der Waals surface area contributed by atoms with Crippen LogP contribution in [0.1, 0.15) is 0 Å². The summed E-state index contributed by atoms with van der Waals surface area (Å²) in [6.45, 7) is 0. The van der Waals surface area contributed by atoms with Crippen LogP contribution in [0.4, 0.5) is 5.69 Å². The lowest BCUT2D eigenvalue weighted by molar-refractivity contribution is 0.483. The Bertz CT molecular complexity index is 565. The number of nitrogen functional groups attached to an aromatic ring is 1. The van der Waals surface area contributed by atoms with Crippen molar-refractivity contribution in [3.05, 3.63) is 91.0 Å². The first-order valence-corrected chi connectivity index (χ1v) is 6.43. The largest absolute Gasteiger partial charge is 0.457 e. The fraction of sp³-hybridized carbons (Fsp3) is 0. The van der Waals surface area contributed by atoms with Crippen LogP contribution in [0.25, 0.3) is 0 Å². The summed E-state index contributed by atoms with van der Waals surface area (Å²) in [5.74, 6) is 1.63. The van der Waals surface area contributed by atoms with Gasteiger partial charge in [-0.3, -0.25) is 0 Å². The first-order valence-electron chi connectivity index (χ1n) is 6.43. The lowest BCUT2D eigenvalue weighted by Crippen LogP contribution is -1.85. The van der Waals surface area contributed by atoms with Crippen molar-refractivity contribution in [3.63, 3.8) is 0 Å². The molecular weight excluding hydrogens is 246 g/mol. The molecule has 0 unspecified atom stereocenters. The number of hydrogen-bond donors (Lipinski definition) is 1. The van der Waals surface area contributed by atoms with Crippen molar-refractivity contribution in [1.82, 2.24) is 0 Å². The highest BCUT2D eigenvalue weighted by molar-refractivity contribution is 5.42. The highest BCUT2D eigenvalue weighted by atomic mass is 16.5. The lowest BCUT2D eigenvalue weighted by atomic mass is 10.3. The fourth-order valence-corrected chi connectivity index (χ4v) is 1.55. The molecule has 0 aliphatic rings. The Balaban J connectivity index is 0.000000205. The van der Waals surface area contributed by atoms with Crippen molar-refractivity contribution in [2.75, 3.05) is 5.73 Å². The molecule has 0 aliphatic heterocycles. The van der Waals surface area contributed by atoms with Gasteiger partial charge in [0.25, 0.3) is 0 Å². The number of anilines is 1. The van der Waals surface area contributed by atoms with Crippen molar-refractivity contribution in [1.29, 1.82) is 0 Å². The Labute approximate surface area is 119 Å². The summed E-state index contributed by atoms with van der Waals surface area (Å²) >= 11 is 0. The van der Waals surface area contributed by atoms with Crippen LogP contribution >= 0.6 is 0 Å². The Morgan fingerprint density at radius 1 is 0.500 bits per heavy atom. The van der Waals surface area contributed by atoms with Gasteiger partial charge in [-0.2, -0.15) is 0 Å². The zero-order valence-electron chi connectivity index (χ0n) is 11.1. The van der Waals surface area contributed by atoms with Gasteiger partial charge in [-0.15, -0.1) is 0 Å². The molecule has 0 aliphatic carbocycles. The summed E-state index contributed by atoms with van der Waals surface area (Å²) in [6.07, 6.45) is 0. The third kappa shape index (κ3) is 4.86. The zero-order chi connectivity index (χ0) is 14.0. The molecule has 3 aromatic rings. The van der Waals surface area contributed by atoms with Crippen molar-refractivity contribution >= 4 is 5.69 Å². The first kappa shape index (κ1) is 13.7. The van der Waals surface area contributed by atoms with Gasteiger partial charge >= 0.3 is 0 Å². The van der Waals surface area contributed by atoms with Crippen molar-refractivity contribution in [3.8, 4) is 11.5 Å². The molecule has 0 saturated heterocycles. The number of para-hydroxylation sites is 1. The van der Waals surface area contributed by atoms with E-state index in [-0.39, 0.29) is 0 Å². The van der Waals surface area contributed by atoms with Crippen LogP contribution in [-0.2, 0) is 0 Å². The monoisotopic (exact) mass is 263 g/mol. The normalized spacial score (nSPS) is 9.20. The second kappa shape index (κ2) is 7.64. The van der Waals surface area contributed by atoms with E-state index in [9.17, 15) is 0 Å². The van der Waals surface area contributed by atoms with Gasteiger partial charge in [-0.05, 0) is 36.4 Å². The highest BCUT2D eigenvalue weighted by Gasteiger charge is 1.94. The predicted molar refractivity (Wildman–Crippen MR) is 83.8 cm³/mol. The molecule has 0 atom stereocenters. The summed E-state index contributed by atoms with van der Waals surface area (Å²) in [7, 11) is 0. The molecule has 0 saturated carbocycles. The molecule has 0 heterocycles. The zero-order valence-corrected chi connectivity index (χ0v) is 11.1. The molecule has 2 nitrogen and oxygen atoms in total. The van der Waals surface area contributed by atoms with Gasteiger partial charge in [0.2, 0.25) is 0 Å². The number of benzene rings is 3. The average molecular weight is 263 g/mol. The molecular formula is C18H17NO. The van der Waals surface area contributed by atoms with E-state index in [4.69, 9.17) is 10.5 Å². The number of rotatable bonds is 2. The predicted octanol–water partition coefficient (Wildman–Crippen LogP) is 4.75. The molecule has 20 heavy (non-hydrogen) atoms. The minimum Gasteiger partial charge on any atom is -0.457 e. The van der Waals surface area contributed by atoms with Gasteiger partial charge in [0.1, 0.15) is 11.5 Å². The average Bonchev–Trinajstić information content (AvgIpc) is 2.53. The third-order valence-electron chi connectivity index (χ3n) is 2.53. The molecule has 100 valence electrons. The highest BCUT2D eigenvalue weighted by Crippen LogP contribution is 2.21. The molecule has 0 aromatic heterocycles. The van der Waals surface area contributed by atoms with E-state index in [1.165, 1.54) is 0 Å². The minimum atomic E-state index is 0.741. The van der Waals surface area contributed by atoms with E-state index in [0.717, 1.165) is 17.2 Å². The number of ether oxygens (including phenoxy) is 1. The maximum absolute atomic E-state index is 5.58. The molecule has 3 rings (SSSR count). The lowest BCUT2D eigenvalue weighted by Gasteiger charge is -2.04.